The maximum absolute atomic E-state index is 11.8. The summed E-state index contributed by atoms with van der Waals surface area (Å²) in [4.78, 5) is 10.5. The van der Waals surface area contributed by atoms with E-state index < -0.39 is 16.0 Å². The smallest absolute Gasteiger partial charge is 0.325 e. The van der Waals surface area contributed by atoms with Crippen LogP contribution in [0, 0.1) is 5.92 Å². The molecule has 8 heteroatoms. The Kier molecular flexibility index (Phi) is 4.08. The van der Waals surface area contributed by atoms with Crippen LogP contribution in [0.15, 0.2) is 12.4 Å². The van der Waals surface area contributed by atoms with Gasteiger partial charge in [0.25, 0.3) is 0 Å². The fourth-order valence-corrected chi connectivity index (χ4v) is 3.19. The van der Waals surface area contributed by atoms with E-state index in [1.807, 2.05) is 0 Å². The number of anilines is 1. The molecule has 0 atom stereocenters. The van der Waals surface area contributed by atoms with Crippen molar-refractivity contribution in [3.8, 4) is 0 Å². The van der Waals surface area contributed by atoms with E-state index in [0.29, 0.717) is 18.0 Å². The van der Waals surface area contributed by atoms with Gasteiger partial charge in [-0.1, -0.05) is 19.3 Å². The Morgan fingerprint density at radius 3 is 2.84 bits per heavy atom. The van der Waals surface area contributed by atoms with Crippen LogP contribution in [0.1, 0.15) is 25.7 Å². The van der Waals surface area contributed by atoms with Crippen molar-refractivity contribution >= 4 is 21.7 Å². The maximum Gasteiger partial charge on any atom is 0.325 e. The third-order valence-electron chi connectivity index (χ3n) is 3.22. The van der Waals surface area contributed by atoms with Gasteiger partial charge in [-0.05, 0) is 12.3 Å². The normalized spacial score (nSPS) is 16.0. The van der Waals surface area contributed by atoms with Crippen molar-refractivity contribution in [2.75, 3.05) is 10.5 Å². The third-order valence-corrected chi connectivity index (χ3v) is 4.54. The van der Waals surface area contributed by atoms with E-state index in [1.54, 1.807) is 0 Å². The van der Waals surface area contributed by atoms with E-state index in [-0.39, 0.29) is 12.3 Å². The first kappa shape index (κ1) is 13.9. The quantitative estimate of drug-likeness (QED) is 0.776. The molecule has 106 valence electrons. The highest BCUT2D eigenvalue weighted by Gasteiger charge is 2.21. The zero-order valence-corrected chi connectivity index (χ0v) is 11.3. The van der Waals surface area contributed by atoms with Crippen LogP contribution < -0.4 is 4.72 Å². The topological polar surface area (TPSA) is 101 Å². The number of hydrogen-bond acceptors (Lipinski definition) is 4. The summed E-state index contributed by atoms with van der Waals surface area (Å²) in [6.07, 6.45) is 6.79. The highest BCUT2D eigenvalue weighted by atomic mass is 32.2. The van der Waals surface area contributed by atoms with E-state index >= 15 is 0 Å². The molecule has 19 heavy (non-hydrogen) atoms. The van der Waals surface area contributed by atoms with Gasteiger partial charge in [0, 0.05) is 6.20 Å². The van der Waals surface area contributed by atoms with E-state index in [1.165, 1.54) is 23.5 Å². The molecule has 0 spiro atoms. The lowest BCUT2D eigenvalue weighted by atomic mass is 9.84. The van der Waals surface area contributed by atoms with Crippen molar-refractivity contribution in [3.05, 3.63) is 12.4 Å². The summed E-state index contributed by atoms with van der Waals surface area (Å²) >= 11 is 0. The lowest BCUT2D eigenvalue weighted by molar-refractivity contribution is -0.137. The Morgan fingerprint density at radius 1 is 1.53 bits per heavy atom. The lowest BCUT2D eigenvalue weighted by Crippen LogP contribution is -2.21. The zero-order valence-electron chi connectivity index (χ0n) is 10.4. The molecule has 2 N–H and O–H groups in total. The van der Waals surface area contributed by atoms with E-state index in [9.17, 15) is 13.2 Å². The first-order valence-corrected chi connectivity index (χ1v) is 7.84. The molecule has 0 aromatic carbocycles. The summed E-state index contributed by atoms with van der Waals surface area (Å²) in [5.74, 6) is -0.393. The third kappa shape index (κ3) is 4.23. The molecule has 2 rings (SSSR count). The van der Waals surface area contributed by atoms with Gasteiger partial charge in [-0.3, -0.25) is 14.2 Å². The summed E-state index contributed by atoms with van der Waals surface area (Å²) in [5.41, 5.74) is 0.301. The maximum atomic E-state index is 11.8. The minimum Gasteiger partial charge on any atom is -0.480 e. The van der Waals surface area contributed by atoms with Crippen LogP contribution in [-0.2, 0) is 21.4 Å². The van der Waals surface area contributed by atoms with Crippen molar-refractivity contribution in [1.82, 2.24) is 9.78 Å². The van der Waals surface area contributed by atoms with Crippen LogP contribution in [0.5, 0.6) is 0 Å². The van der Waals surface area contributed by atoms with Crippen molar-refractivity contribution in [2.24, 2.45) is 5.92 Å². The predicted octanol–water partition coefficient (Wildman–Crippen LogP) is 0.900. The molecule has 1 heterocycles. The number of rotatable bonds is 7. The molecule has 0 radical (unpaired) electrons. The molecule has 0 unspecified atom stereocenters. The fourth-order valence-electron chi connectivity index (χ4n) is 1.98. The monoisotopic (exact) mass is 287 g/mol. The Balaban J connectivity index is 1.87. The summed E-state index contributed by atoms with van der Waals surface area (Å²) in [6.45, 7) is -0.288. The number of hydrogen-bond donors (Lipinski definition) is 2. The molecule has 0 saturated heterocycles. The number of aliphatic carboxylic acids is 1. The molecule has 1 aliphatic rings. The van der Waals surface area contributed by atoms with Crippen molar-refractivity contribution in [2.45, 2.75) is 32.2 Å². The van der Waals surface area contributed by atoms with Gasteiger partial charge < -0.3 is 5.11 Å². The number of carboxylic acid groups (broad SMARTS) is 1. The molecule has 0 bridgehead atoms. The first-order valence-electron chi connectivity index (χ1n) is 6.19. The number of nitrogens with one attached hydrogen (secondary N) is 1. The Morgan fingerprint density at radius 2 is 2.26 bits per heavy atom. The van der Waals surface area contributed by atoms with Crippen LogP contribution in [0.2, 0.25) is 0 Å². The van der Waals surface area contributed by atoms with Gasteiger partial charge in [0.2, 0.25) is 10.0 Å². The van der Waals surface area contributed by atoms with E-state index in [0.717, 1.165) is 12.8 Å². The summed E-state index contributed by atoms with van der Waals surface area (Å²) in [5, 5.41) is 12.4. The van der Waals surface area contributed by atoms with Gasteiger partial charge in [0.05, 0.1) is 17.6 Å². The average Bonchev–Trinajstić information content (AvgIpc) is 2.60. The highest BCUT2D eigenvalue weighted by molar-refractivity contribution is 7.92. The van der Waals surface area contributed by atoms with Gasteiger partial charge in [-0.2, -0.15) is 5.10 Å². The minimum absolute atomic E-state index is 0.0990. The van der Waals surface area contributed by atoms with Crippen LogP contribution in [0.4, 0.5) is 5.69 Å². The average molecular weight is 287 g/mol. The van der Waals surface area contributed by atoms with Gasteiger partial charge in [0.1, 0.15) is 6.54 Å². The van der Waals surface area contributed by atoms with Gasteiger partial charge >= 0.3 is 5.97 Å². The van der Waals surface area contributed by atoms with Crippen LogP contribution in [0.25, 0.3) is 0 Å². The highest BCUT2D eigenvalue weighted by Crippen LogP contribution is 2.29. The molecule has 1 aromatic heterocycles. The molecule has 7 nitrogen and oxygen atoms in total. The zero-order chi connectivity index (χ0) is 13.9. The van der Waals surface area contributed by atoms with Crippen molar-refractivity contribution < 1.29 is 18.3 Å². The summed E-state index contributed by atoms with van der Waals surface area (Å²) in [7, 11) is -3.37. The predicted molar refractivity (Wildman–Crippen MR) is 69.2 cm³/mol. The van der Waals surface area contributed by atoms with E-state index in [2.05, 4.69) is 9.82 Å². The first-order chi connectivity index (χ1) is 8.94. The number of carbonyl (C=O) groups is 1. The van der Waals surface area contributed by atoms with Crippen LogP contribution in [0.3, 0.4) is 0 Å². The molecule has 1 aliphatic carbocycles. The number of aromatic nitrogens is 2. The van der Waals surface area contributed by atoms with Crippen LogP contribution in [-0.4, -0.2) is 35.0 Å². The van der Waals surface area contributed by atoms with Crippen molar-refractivity contribution in [3.63, 3.8) is 0 Å². The second-order valence-electron chi connectivity index (χ2n) is 4.83. The van der Waals surface area contributed by atoms with Gasteiger partial charge in [-0.25, -0.2) is 8.42 Å². The molecule has 1 aromatic rings. The Labute approximate surface area is 111 Å². The van der Waals surface area contributed by atoms with Gasteiger partial charge in [0.15, 0.2) is 0 Å². The molecule has 0 amide bonds. The second kappa shape index (κ2) is 5.60. The van der Waals surface area contributed by atoms with Crippen LogP contribution >= 0.6 is 0 Å². The molecular weight excluding hydrogens is 270 g/mol. The minimum atomic E-state index is -3.37. The standard InChI is InChI=1S/C11H17N3O4S/c15-11(16)8-14-7-10(6-12-14)13-19(17,18)5-4-9-2-1-3-9/h6-7,9,13H,1-5,8H2,(H,15,16). The molecule has 1 saturated carbocycles. The molecular formula is C11H17N3O4S. The SMILES string of the molecule is O=C(O)Cn1cc(NS(=O)(=O)CCC2CCC2)cn1. The fraction of sp³-hybridized carbons (Fsp3) is 0.636. The Bertz CT molecular complexity index is 548. The second-order valence-corrected chi connectivity index (χ2v) is 6.67. The van der Waals surface area contributed by atoms with Gasteiger partial charge in [-0.15, -0.1) is 0 Å². The number of sulfonamides is 1. The number of carboxylic acids is 1. The van der Waals surface area contributed by atoms with E-state index in [4.69, 9.17) is 5.11 Å². The van der Waals surface area contributed by atoms with Crippen molar-refractivity contribution in [1.29, 1.82) is 0 Å². The number of nitrogens with zero attached hydrogens (tertiary/aromatic N) is 2. The summed E-state index contributed by atoms with van der Waals surface area (Å²) in [6, 6.07) is 0. The largest absolute Gasteiger partial charge is 0.480 e. The summed E-state index contributed by atoms with van der Waals surface area (Å²) < 4.78 is 27.2. The molecule has 0 aliphatic heterocycles. The molecule has 1 fully saturated rings. The lowest BCUT2D eigenvalue weighted by Gasteiger charge is -2.24. The Hall–Kier alpha value is -1.57.